The van der Waals surface area contributed by atoms with Crippen molar-refractivity contribution in [2.45, 2.75) is 39.5 Å². The molecule has 0 saturated heterocycles. The quantitative estimate of drug-likeness (QED) is 0.201. The number of rotatable bonds is 5. The summed E-state index contributed by atoms with van der Waals surface area (Å²) in [5.41, 5.74) is 13.6. The van der Waals surface area contributed by atoms with Crippen LogP contribution in [0.2, 0.25) is 0 Å². The number of hydrogen-bond donors (Lipinski definition) is 0. The average Bonchev–Trinajstić information content (AvgIpc) is 3.01. The maximum atomic E-state index is 2.44. The smallest absolute Gasteiger partial charge is 0.00234 e. The van der Waals surface area contributed by atoms with E-state index in [0.717, 1.165) is 25.7 Å². The monoisotopic (exact) mass is 514 g/mol. The third kappa shape index (κ3) is 4.07. The minimum Gasteiger partial charge on any atom is -0.0836 e. The molecule has 0 heterocycles. The molecule has 0 nitrogen and oxygen atoms in total. The first kappa shape index (κ1) is 24.6. The molecule has 0 unspecified atom stereocenters. The fourth-order valence-electron chi connectivity index (χ4n) is 6.78. The first-order valence-corrected chi connectivity index (χ1v) is 14.7. The molecule has 0 aliphatic heterocycles. The summed E-state index contributed by atoms with van der Waals surface area (Å²) < 4.78 is 0. The predicted octanol–water partition coefficient (Wildman–Crippen LogP) is 11.2. The van der Waals surface area contributed by atoms with Crippen LogP contribution in [0.3, 0.4) is 0 Å². The Morgan fingerprint density at radius 3 is 1.98 bits per heavy atom. The van der Waals surface area contributed by atoms with E-state index in [1.54, 1.807) is 0 Å². The van der Waals surface area contributed by atoms with Crippen molar-refractivity contribution in [3.05, 3.63) is 138 Å². The zero-order chi connectivity index (χ0) is 27.1. The lowest BCUT2D eigenvalue weighted by molar-refractivity contribution is 0.923. The first-order chi connectivity index (χ1) is 19.7. The first-order valence-electron chi connectivity index (χ1n) is 14.7. The maximum Gasteiger partial charge on any atom is -0.00234 e. The molecule has 0 radical (unpaired) electrons. The van der Waals surface area contributed by atoms with Gasteiger partial charge in [-0.25, -0.2) is 0 Å². The van der Waals surface area contributed by atoms with Gasteiger partial charge in [0.05, 0.1) is 0 Å². The summed E-state index contributed by atoms with van der Waals surface area (Å²) in [6.07, 6.45) is 9.03. The van der Waals surface area contributed by atoms with E-state index in [1.807, 2.05) is 0 Å². The number of benzene rings is 6. The van der Waals surface area contributed by atoms with Gasteiger partial charge >= 0.3 is 0 Å². The van der Waals surface area contributed by atoms with Gasteiger partial charge in [0.1, 0.15) is 0 Å². The van der Waals surface area contributed by atoms with Crippen LogP contribution in [0.4, 0.5) is 0 Å². The Bertz CT molecular complexity index is 1860. The molecule has 7 rings (SSSR count). The van der Waals surface area contributed by atoms with Gasteiger partial charge < -0.3 is 0 Å². The fourth-order valence-corrected chi connectivity index (χ4v) is 6.78. The van der Waals surface area contributed by atoms with Gasteiger partial charge in [-0.3, -0.25) is 0 Å². The molecule has 194 valence electrons. The molecule has 6 aromatic carbocycles. The second kappa shape index (κ2) is 10.3. The van der Waals surface area contributed by atoms with E-state index in [9.17, 15) is 0 Å². The Morgan fingerprint density at radius 1 is 0.600 bits per heavy atom. The van der Waals surface area contributed by atoms with Crippen LogP contribution < -0.4 is 0 Å². The third-order valence-electron chi connectivity index (χ3n) is 8.62. The van der Waals surface area contributed by atoms with Crippen molar-refractivity contribution in [2.75, 3.05) is 0 Å². The molecule has 0 N–H and O–H groups in total. The molecule has 40 heavy (non-hydrogen) atoms. The molecule has 1 aliphatic carbocycles. The molecule has 0 fully saturated rings. The van der Waals surface area contributed by atoms with Gasteiger partial charge in [-0.15, -0.1) is 0 Å². The van der Waals surface area contributed by atoms with Crippen molar-refractivity contribution in [1.82, 2.24) is 0 Å². The van der Waals surface area contributed by atoms with Crippen molar-refractivity contribution < 1.29 is 0 Å². The molecular weight excluding hydrogens is 480 g/mol. The van der Waals surface area contributed by atoms with Crippen molar-refractivity contribution >= 4 is 27.6 Å². The normalized spacial score (nSPS) is 12.7. The summed E-state index contributed by atoms with van der Waals surface area (Å²) in [7, 11) is 0. The summed E-state index contributed by atoms with van der Waals surface area (Å²) in [6.45, 7) is 4.51. The SMILES string of the molecule is CCCc1ccccc1-c1cc(-c2c3ccccc3c(-c3cccc4c3CCC=C4)c3ccccc23)ccc1C. The van der Waals surface area contributed by atoms with Crippen LogP contribution in [-0.2, 0) is 12.8 Å². The number of hydrogen-bond acceptors (Lipinski definition) is 0. The largest absolute Gasteiger partial charge is 0.0836 e. The van der Waals surface area contributed by atoms with E-state index >= 15 is 0 Å². The highest BCUT2D eigenvalue weighted by Crippen LogP contribution is 2.46. The molecular formula is C40H34. The van der Waals surface area contributed by atoms with Gasteiger partial charge in [0.2, 0.25) is 0 Å². The summed E-state index contributed by atoms with van der Waals surface area (Å²) in [6, 6.07) is 40.9. The molecule has 0 aromatic heterocycles. The minimum atomic E-state index is 1.09. The van der Waals surface area contributed by atoms with Crippen LogP contribution in [0.5, 0.6) is 0 Å². The van der Waals surface area contributed by atoms with E-state index in [1.165, 1.54) is 77.2 Å². The molecule has 0 saturated carbocycles. The highest BCUT2D eigenvalue weighted by Gasteiger charge is 2.20. The topological polar surface area (TPSA) is 0 Å². The Morgan fingerprint density at radius 2 is 1.25 bits per heavy atom. The van der Waals surface area contributed by atoms with Gasteiger partial charge in [-0.1, -0.05) is 129 Å². The van der Waals surface area contributed by atoms with E-state index in [2.05, 4.69) is 135 Å². The second-order valence-electron chi connectivity index (χ2n) is 11.1. The molecule has 0 bridgehead atoms. The molecule has 6 aromatic rings. The number of aryl methyl sites for hydroxylation is 2. The van der Waals surface area contributed by atoms with Gasteiger partial charge in [0, 0.05) is 0 Å². The van der Waals surface area contributed by atoms with E-state index < -0.39 is 0 Å². The zero-order valence-corrected chi connectivity index (χ0v) is 23.4. The number of allylic oxidation sites excluding steroid dienone is 1. The Balaban J connectivity index is 1.54. The fraction of sp³-hybridized carbons (Fsp3) is 0.150. The van der Waals surface area contributed by atoms with Crippen molar-refractivity contribution in [1.29, 1.82) is 0 Å². The summed E-state index contributed by atoms with van der Waals surface area (Å²) in [4.78, 5) is 0. The standard InChI is InChI=1S/C40H34/c1-3-13-28-14-4-7-18-32(28)38-26-30(25-24-27(38)2)39-34-19-8-10-21-36(34)40(37-22-11-9-20-35(37)39)33-23-12-16-29-15-5-6-17-31(29)33/h4-5,7-12,14-16,18-26H,3,6,13,17H2,1-2H3. The molecule has 0 amide bonds. The Hall–Kier alpha value is -4.42. The molecule has 1 aliphatic rings. The van der Waals surface area contributed by atoms with Crippen LogP contribution in [0.25, 0.3) is 61.0 Å². The lowest BCUT2D eigenvalue weighted by atomic mass is 9.82. The third-order valence-corrected chi connectivity index (χ3v) is 8.62. The van der Waals surface area contributed by atoms with Gasteiger partial charge in [0.15, 0.2) is 0 Å². The van der Waals surface area contributed by atoms with Crippen LogP contribution in [-0.4, -0.2) is 0 Å². The van der Waals surface area contributed by atoms with E-state index in [-0.39, 0.29) is 0 Å². The minimum absolute atomic E-state index is 1.09. The van der Waals surface area contributed by atoms with Crippen LogP contribution in [0.1, 0.15) is 42.0 Å². The summed E-state index contributed by atoms with van der Waals surface area (Å²) in [5, 5.41) is 5.29. The molecule has 0 atom stereocenters. The van der Waals surface area contributed by atoms with E-state index in [0.29, 0.717) is 0 Å². The van der Waals surface area contributed by atoms with Crippen molar-refractivity contribution in [3.8, 4) is 33.4 Å². The van der Waals surface area contributed by atoms with Crippen molar-refractivity contribution in [2.24, 2.45) is 0 Å². The van der Waals surface area contributed by atoms with E-state index in [4.69, 9.17) is 0 Å². The lowest BCUT2D eigenvalue weighted by Crippen LogP contribution is -1.99. The van der Waals surface area contributed by atoms with Gasteiger partial charge in [-0.2, -0.15) is 0 Å². The molecule has 0 heteroatoms. The Kier molecular flexibility index (Phi) is 6.33. The van der Waals surface area contributed by atoms with Crippen LogP contribution >= 0.6 is 0 Å². The zero-order valence-electron chi connectivity index (χ0n) is 23.4. The van der Waals surface area contributed by atoms with Gasteiger partial charge in [-0.05, 0) is 109 Å². The predicted molar refractivity (Wildman–Crippen MR) is 174 cm³/mol. The van der Waals surface area contributed by atoms with Crippen LogP contribution in [0, 0.1) is 6.92 Å². The second-order valence-corrected chi connectivity index (χ2v) is 11.1. The van der Waals surface area contributed by atoms with Gasteiger partial charge in [0.25, 0.3) is 0 Å². The lowest BCUT2D eigenvalue weighted by Gasteiger charge is -2.22. The molecule has 0 spiro atoms. The highest BCUT2D eigenvalue weighted by molar-refractivity contribution is 6.21. The maximum absolute atomic E-state index is 2.44. The number of fused-ring (bicyclic) bond motifs is 3. The Labute approximate surface area is 237 Å². The average molecular weight is 515 g/mol. The highest BCUT2D eigenvalue weighted by atomic mass is 14.2. The summed E-state index contributed by atoms with van der Waals surface area (Å²) >= 11 is 0. The van der Waals surface area contributed by atoms with Crippen LogP contribution in [0.15, 0.2) is 115 Å². The van der Waals surface area contributed by atoms with Crippen molar-refractivity contribution in [3.63, 3.8) is 0 Å². The summed E-state index contributed by atoms with van der Waals surface area (Å²) in [5.74, 6) is 0.